The quantitative estimate of drug-likeness (QED) is 0.0947. The average Bonchev–Trinajstić information content (AvgIpc) is 2.92. The monoisotopic (exact) mass is 894 g/mol. The average molecular weight is 894 g/mol. The van der Waals surface area contributed by atoms with Crippen molar-refractivity contribution in [3.8, 4) is 0 Å². The second kappa shape index (κ2) is 13.9. The number of hydrogen-bond donors (Lipinski definition) is 1. The van der Waals surface area contributed by atoms with Gasteiger partial charge in [0.05, 0.1) is 13.2 Å². The summed E-state index contributed by atoms with van der Waals surface area (Å²) in [4.78, 5) is 9.17. The van der Waals surface area contributed by atoms with E-state index in [9.17, 15) is 119 Å². The molecule has 0 amide bonds. The van der Waals surface area contributed by atoms with Crippen molar-refractivity contribution in [1.82, 2.24) is 0 Å². The highest BCUT2D eigenvalue weighted by Gasteiger charge is 2.92. The molecule has 33 heteroatoms. The Morgan fingerprint density at radius 3 is 0.904 bits per heavy atom. The summed E-state index contributed by atoms with van der Waals surface area (Å²) in [5.41, 5.74) is 0. The van der Waals surface area contributed by atoms with Crippen LogP contribution in [-0.4, -0.2) is 105 Å². The van der Waals surface area contributed by atoms with E-state index in [0.717, 1.165) is 0 Å². The van der Waals surface area contributed by atoms with E-state index >= 15 is 0 Å². The summed E-state index contributed by atoms with van der Waals surface area (Å²) in [6.45, 7) is -3.28. The van der Waals surface area contributed by atoms with E-state index in [1.54, 1.807) is 0 Å². The first kappa shape index (κ1) is 49.0. The fourth-order valence-electron chi connectivity index (χ4n) is 3.30. The number of alkyl halides is 26. The van der Waals surface area contributed by atoms with Crippen LogP contribution in [0.2, 0.25) is 0 Å². The van der Waals surface area contributed by atoms with Gasteiger partial charge in [0.25, 0.3) is 0 Å². The summed E-state index contributed by atoms with van der Waals surface area (Å²) in [5.74, 6) is -82.6. The number of rotatable bonds is 16. The Hall–Kier alpha value is -1.01. The van der Waals surface area contributed by atoms with Crippen molar-refractivity contribution in [2.24, 2.45) is 0 Å². The smallest absolute Gasteiger partial charge is 0.302 e. The van der Waals surface area contributed by atoms with Gasteiger partial charge in [0.15, 0.2) is 0 Å². The number of halogens is 26. The topological polar surface area (TPSA) is 55.8 Å². The van der Waals surface area contributed by atoms with Crippen LogP contribution in [0.3, 0.4) is 0 Å². The van der Waals surface area contributed by atoms with E-state index in [0.29, 0.717) is 0 Å². The zero-order valence-corrected chi connectivity index (χ0v) is 26.0. The molecule has 0 aliphatic carbocycles. The molecule has 1 aliphatic heterocycles. The van der Waals surface area contributed by atoms with Crippen LogP contribution in [0.25, 0.3) is 0 Å². The van der Waals surface area contributed by atoms with Gasteiger partial charge < -0.3 is 4.89 Å². The minimum atomic E-state index is -8.31. The van der Waals surface area contributed by atoms with E-state index in [-0.39, 0.29) is 0 Å². The van der Waals surface area contributed by atoms with E-state index in [1.165, 1.54) is 0 Å². The molecule has 0 atom stereocenters. The summed E-state index contributed by atoms with van der Waals surface area (Å²) in [6.07, 6.45) is -21.5. The lowest BCUT2D eigenvalue weighted by atomic mass is 9.93. The maximum absolute atomic E-state index is 14.1. The highest BCUT2D eigenvalue weighted by molar-refractivity contribution is 8.18. The third-order valence-electron chi connectivity index (χ3n) is 6.45. The largest absolute Gasteiger partial charge is 0.472 e. The Morgan fingerprint density at radius 1 is 0.442 bits per heavy atom. The second-order valence-electron chi connectivity index (χ2n) is 10.1. The highest BCUT2D eigenvalue weighted by atomic mass is 32.2. The van der Waals surface area contributed by atoms with Crippen molar-refractivity contribution in [3.05, 3.63) is 0 Å². The van der Waals surface area contributed by atoms with Crippen molar-refractivity contribution < 1.29 is 133 Å². The molecule has 4 nitrogen and oxygen atoms in total. The third-order valence-corrected chi connectivity index (χ3v) is 10.4. The highest BCUT2D eigenvalue weighted by Crippen LogP contribution is 2.63. The predicted molar refractivity (Wildman–Crippen MR) is 120 cm³/mol. The maximum atomic E-state index is 14.1. The second-order valence-corrected chi connectivity index (χ2v) is 14.8. The molecule has 1 saturated heterocycles. The lowest BCUT2D eigenvalue weighted by Crippen LogP contribution is -2.70. The molecule has 0 aromatic rings. The lowest BCUT2D eigenvalue weighted by molar-refractivity contribution is -0.439. The summed E-state index contributed by atoms with van der Waals surface area (Å²) in [5, 5.41) is 0. The third kappa shape index (κ3) is 7.97. The maximum Gasteiger partial charge on any atom is 0.472 e. The van der Waals surface area contributed by atoms with Gasteiger partial charge in [-0.2, -0.15) is 114 Å². The van der Waals surface area contributed by atoms with Gasteiger partial charge in [-0.15, -0.1) is 23.5 Å². The van der Waals surface area contributed by atoms with Crippen LogP contribution >= 0.6 is 31.3 Å². The van der Waals surface area contributed by atoms with Gasteiger partial charge >= 0.3 is 79.4 Å². The van der Waals surface area contributed by atoms with Gasteiger partial charge in [0.2, 0.25) is 0 Å². The first-order chi connectivity index (χ1) is 22.3. The molecular weight excluding hydrogens is 881 g/mol. The van der Waals surface area contributed by atoms with Gasteiger partial charge in [-0.05, 0) is 0 Å². The summed E-state index contributed by atoms with van der Waals surface area (Å²) >= 11 is -1.25. The normalized spacial score (nSPS) is 19.6. The van der Waals surface area contributed by atoms with Gasteiger partial charge in [-0.25, -0.2) is 4.57 Å². The molecule has 52 heavy (non-hydrogen) atoms. The van der Waals surface area contributed by atoms with E-state index in [4.69, 9.17) is 4.89 Å². The molecule has 0 spiro atoms. The SMILES string of the molecule is O=P1(O)OCC(SCCC(F)(F)C(F)(F)C(F)(F)C(F)(F)C(F)(F)C(F)(F)F)(SCCC(F)(F)C(F)(F)C(F)(F)C(F)(F)C(F)(F)C(F)(F)F)CO1. The molecule has 1 N–H and O–H groups in total. The molecule has 312 valence electrons. The van der Waals surface area contributed by atoms with E-state index in [1.807, 2.05) is 0 Å². The van der Waals surface area contributed by atoms with Crippen molar-refractivity contribution in [3.63, 3.8) is 0 Å². The van der Waals surface area contributed by atoms with Crippen molar-refractivity contribution in [1.29, 1.82) is 0 Å². The standard InChI is InChI=1S/C19H13F26O4PS2/c20-8(21,10(24,25)12(28,29)14(32,33)16(36,37)18(40,41)42)1-3-51-7(5-48-50(46,47)49-6-7)52-4-2-9(22,23)11(26,27)13(30,31)15(34,35)17(38,39)19(43,44)45/h1-6H2,(H,46,47). The Labute approximate surface area is 277 Å². The van der Waals surface area contributed by atoms with Crippen molar-refractivity contribution in [2.45, 2.75) is 88.5 Å². The summed E-state index contributed by atoms with van der Waals surface area (Å²) in [6, 6.07) is 0. The fraction of sp³-hybridized carbons (Fsp3) is 1.00. The van der Waals surface area contributed by atoms with Crippen LogP contribution in [-0.2, 0) is 13.6 Å². The molecule has 1 heterocycles. The summed E-state index contributed by atoms with van der Waals surface area (Å²) in [7, 11) is -5.24. The van der Waals surface area contributed by atoms with Crippen LogP contribution in [0.4, 0.5) is 114 Å². The Bertz CT molecular complexity index is 1220. The zero-order valence-electron chi connectivity index (χ0n) is 23.5. The number of phosphoric ester groups is 1. The van der Waals surface area contributed by atoms with Crippen LogP contribution in [0.15, 0.2) is 0 Å². The molecule has 0 aromatic heterocycles. The van der Waals surface area contributed by atoms with Gasteiger partial charge in [-0.1, -0.05) is 0 Å². The molecule has 1 aliphatic rings. The molecule has 0 aromatic carbocycles. The Morgan fingerprint density at radius 2 is 0.673 bits per heavy atom. The van der Waals surface area contributed by atoms with Gasteiger partial charge in [-0.3, -0.25) is 9.05 Å². The molecule has 0 radical (unpaired) electrons. The lowest BCUT2D eigenvalue weighted by Gasteiger charge is -2.41. The van der Waals surface area contributed by atoms with Crippen LogP contribution < -0.4 is 0 Å². The number of thioether (sulfide) groups is 2. The van der Waals surface area contributed by atoms with Gasteiger partial charge in [0, 0.05) is 24.3 Å². The Balaban J connectivity index is 3.33. The van der Waals surface area contributed by atoms with Gasteiger partial charge in [0.1, 0.15) is 4.08 Å². The molecule has 0 unspecified atom stereocenters. The van der Waals surface area contributed by atoms with Crippen LogP contribution in [0.5, 0.6) is 0 Å². The summed E-state index contributed by atoms with van der Waals surface area (Å²) < 4.78 is 362. The molecule has 1 fully saturated rings. The van der Waals surface area contributed by atoms with Crippen LogP contribution in [0.1, 0.15) is 12.8 Å². The minimum absolute atomic E-state index is 0.627. The van der Waals surface area contributed by atoms with E-state index < -0.39 is 145 Å². The molecule has 0 saturated carbocycles. The minimum Gasteiger partial charge on any atom is -0.302 e. The first-order valence-electron chi connectivity index (χ1n) is 12.1. The van der Waals surface area contributed by atoms with Crippen LogP contribution in [0, 0.1) is 0 Å². The Kier molecular flexibility index (Phi) is 13.1. The number of phosphoric acid groups is 1. The fourth-order valence-corrected chi connectivity index (χ4v) is 7.35. The first-order valence-corrected chi connectivity index (χ1v) is 15.6. The predicted octanol–water partition coefficient (Wildman–Crippen LogP) is 10.6. The molecule has 1 rings (SSSR count). The molecular formula is C19H13F26O4PS2. The number of hydrogen-bond acceptors (Lipinski definition) is 5. The van der Waals surface area contributed by atoms with Crippen molar-refractivity contribution >= 4 is 31.3 Å². The van der Waals surface area contributed by atoms with E-state index in [2.05, 4.69) is 9.05 Å². The van der Waals surface area contributed by atoms with Crippen molar-refractivity contribution in [2.75, 3.05) is 24.7 Å². The molecule has 0 bridgehead atoms. The zero-order chi connectivity index (χ0) is 42.1.